The molecule has 0 amide bonds. The lowest BCUT2D eigenvalue weighted by atomic mass is 10.1. The molecule has 4 rings (SSSR count). The molecular weight excluding hydrogens is 358 g/mol. The zero-order chi connectivity index (χ0) is 19.7. The highest BCUT2D eigenvalue weighted by molar-refractivity contribution is 5.92. The second-order valence-corrected chi connectivity index (χ2v) is 7.17. The fourth-order valence-electron chi connectivity index (χ4n) is 3.64. The molecule has 0 aromatic carbocycles. The highest BCUT2D eigenvalue weighted by Crippen LogP contribution is 2.33. The first-order chi connectivity index (χ1) is 13.6. The van der Waals surface area contributed by atoms with Crippen LogP contribution in [0.4, 0.5) is 0 Å². The molecule has 1 aliphatic carbocycles. The van der Waals surface area contributed by atoms with Crippen LogP contribution in [0.2, 0.25) is 0 Å². The first-order valence-electron chi connectivity index (χ1n) is 9.73. The van der Waals surface area contributed by atoms with Gasteiger partial charge >= 0.3 is 6.01 Å². The fraction of sp³-hybridized carbons (Fsp3) is 0.450. The van der Waals surface area contributed by atoms with E-state index < -0.39 is 0 Å². The van der Waals surface area contributed by atoms with E-state index in [9.17, 15) is 9.59 Å². The van der Waals surface area contributed by atoms with E-state index in [1.165, 1.54) is 24.3 Å². The minimum absolute atomic E-state index is 0.136. The van der Waals surface area contributed by atoms with Crippen molar-refractivity contribution in [1.29, 1.82) is 0 Å². The molecule has 8 nitrogen and oxygen atoms in total. The average molecular weight is 381 g/mol. The number of hydrogen-bond acceptors (Lipinski definition) is 6. The van der Waals surface area contributed by atoms with Crippen LogP contribution in [0.25, 0.3) is 11.2 Å². The van der Waals surface area contributed by atoms with Crippen LogP contribution in [0.3, 0.4) is 0 Å². The van der Waals surface area contributed by atoms with Gasteiger partial charge in [0.05, 0.1) is 0 Å². The van der Waals surface area contributed by atoms with Gasteiger partial charge in [-0.1, -0.05) is 25.8 Å². The number of Topliss-reactive ketones (excluding diaryl/α,β-unsaturated/α-hetero) is 1. The molecule has 0 aliphatic heterocycles. The van der Waals surface area contributed by atoms with Crippen molar-refractivity contribution in [2.45, 2.75) is 58.4 Å². The molecule has 1 N–H and O–H groups in total. The first kappa shape index (κ1) is 18.3. The summed E-state index contributed by atoms with van der Waals surface area (Å²) in [5, 5.41) is 0. The molecule has 1 saturated carbocycles. The SMILES string of the molecule is CCCn1c(Oc2cccc(C(C)=O)n2)nc2nc(C3CCCC3)[nH]c2c1=O. The lowest BCUT2D eigenvalue weighted by Gasteiger charge is -2.11. The molecule has 0 bridgehead atoms. The Labute approximate surface area is 162 Å². The van der Waals surface area contributed by atoms with Gasteiger partial charge in [-0.3, -0.25) is 14.2 Å². The Morgan fingerprint density at radius 3 is 2.75 bits per heavy atom. The predicted molar refractivity (Wildman–Crippen MR) is 104 cm³/mol. The van der Waals surface area contributed by atoms with Crippen molar-refractivity contribution in [3.8, 4) is 11.9 Å². The summed E-state index contributed by atoms with van der Waals surface area (Å²) in [4.78, 5) is 41.1. The van der Waals surface area contributed by atoms with Crippen molar-refractivity contribution in [2.75, 3.05) is 0 Å². The Morgan fingerprint density at radius 2 is 2.04 bits per heavy atom. The Kier molecular flexibility index (Phi) is 4.93. The molecule has 0 atom stereocenters. The second-order valence-electron chi connectivity index (χ2n) is 7.17. The number of fused-ring (bicyclic) bond motifs is 1. The van der Waals surface area contributed by atoms with Crippen LogP contribution in [-0.2, 0) is 6.54 Å². The van der Waals surface area contributed by atoms with Gasteiger partial charge in [0.25, 0.3) is 5.56 Å². The number of ketones is 1. The largest absolute Gasteiger partial charge is 0.406 e. The molecule has 3 aromatic heterocycles. The summed E-state index contributed by atoms with van der Waals surface area (Å²) in [6, 6.07) is 5.07. The third-order valence-corrected chi connectivity index (χ3v) is 5.06. The Morgan fingerprint density at radius 1 is 1.25 bits per heavy atom. The summed E-state index contributed by atoms with van der Waals surface area (Å²) >= 11 is 0. The molecule has 146 valence electrons. The minimum Gasteiger partial charge on any atom is -0.406 e. The van der Waals surface area contributed by atoms with Gasteiger partial charge in [0, 0.05) is 25.5 Å². The van der Waals surface area contributed by atoms with Gasteiger partial charge in [-0.25, -0.2) is 9.97 Å². The van der Waals surface area contributed by atoms with E-state index in [0.717, 1.165) is 25.1 Å². The fourth-order valence-corrected chi connectivity index (χ4v) is 3.64. The Hall–Kier alpha value is -3.03. The number of pyridine rings is 1. The van der Waals surface area contributed by atoms with Gasteiger partial charge in [0.2, 0.25) is 5.88 Å². The van der Waals surface area contributed by atoms with E-state index in [2.05, 4.69) is 19.9 Å². The van der Waals surface area contributed by atoms with Crippen molar-refractivity contribution in [2.24, 2.45) is 0 Å². The third kappa shape index (κ3) is 3.42. The lowest BCUT2D eigenvalue weighted by Crippen LogP contribution is -2.23. The number of carbonyl (C=O) groups is 1. The van der Waals surface area contributed by atoms with Crippen LogP contribution < -0.4 is 10.3 Å². The monoisotopic (exact) mass is 381 g/mol. The smallest absolute Gasteiger partial charge is 0.308 e. The van der Waals surface area contributed by atoms with Gasteiger partial charge in [-0.05, 0) is 25.3 Å². The summed E-state index contributed by atoms with van der Waals surface area (Å²) in [5.41, 5.74) is 0.859. The first-order valence-corrected chi connectivity index (χ1v) is 9.73. The third-order valence-electron chi connectivity index (χ3n) is 5.06. The highest BCUT2D eigenvalue weighted by Gasteiger charge is 2.23. The van der Waals surface area contributed by atoms with E-state index in [4.69, 9.17) is 4.74 Å². The van der Waals surface area contributed by atoms with Crippen LogP contribution in [0, 0.1) is 0 Å². The molecular formula is C20H23N5O3. The molecule has 3 heterocycles. The predicted octanol–water partition coefficient (Wildman–Crippen LogP) is 3.58. The molecule has 0 saturated heterocycles. The second kappa shape index (κ2) is 7.53. The van der Waals surface area contributed by atoms with Crippen molar-refractivity contribution in [3.63, 3.8) is 0 Å². The van der Waals surface area contributed by atoms with E-state index in [1.807, 2.05) is 6.92 Å². The lowest BCUT2D eigenvalue weighted by molar-refractivity contribution is 0.101. The van der Waals surface area contributed by atoms with Gasteiger partial charge in [-0.15, -0.1) is 0 Å². The van der Waals surface area contributed by atoms with Gasteiger partial charge in [0.15, 0.2) is 16.9 Å². The van der Waals surface area contributed by atoms with Crippen LogP contribution in [0.1, 0.15) is 68.2 Å². The maximum atomic E-state index is 13.0. The van der Waals surface area contributed by atoms with Crippen LogP contribution in [-0.4, -0.2) is 30.3 Å². The number of rotatable bonds is 6. The summed E-state index contributed by atoms with van der Waals surface area (Å²) in [7, 11) is 0. The molecule has 0 unspecified atom stereocenters. The van der Waals surface area contributed by atoms with E-state index in [-0.39, 0.29) is 23.2 Å². The number of hydrogen-bond donors (Lipinski definition) is 1. The van der Waals surface area contributed by atoms with E-state index in [1.54, 1.807) is 18.2 Å². The molecule has 8 heteroatoms. The highest BCUT2D eigenvalue weighted by atomic mass is 16.5. The molecule has 28 heavy (non-hydrogen) atoms. The molecule has 0 spiro atoms. The Bertz CT molecular complexity index is 1080. The zero-order valence-electron chi connectivity index (χ0n) is 16.1. The van der Waals surface area contributed by atoms with Crippen LogP contribution in [0.5, 0.6) is 11.9 Å². The topological polar surface area (TPSA) is 103 Å². The average Bonchev–Trinajstić information content (AvgIpc) is 3.34. The van der Waals surface area contributed by atoms with E-state index >= 15 is 0 Å². The number of nitrogens with zero attached hydrogens (tertiary/aromatic N) is 4. The molecule has 0 radical (unpaired) electrons. The molecule has 1 fully saturated rings. The summed E-state index contributed by atoms with van der Waals surface area (Å²) in [6.45, 7) is 3.88. The number of imidazole rings is 1. The van der Waals surface area contributed by atoms with Crippen molar-refractivity contribution in [3.05, 3.63) is 40.1 Å². The van der Waals surface area contributed by atoms with Crippen LogP contribution >= 0.6 is 0 Å². The Balaban J connectivity index is 1.77. The quantitative estimate of drug-likeness (QED) is 0.655. The van der Waals surface area contributed by atoms with Crippen molar-refractivity contribution < 1.29 is 9.53 Å². The maximum Gasteiger partial charge on any atom is 0.308 e. The normalized spacial score (nSPS) is 14.6. The van der Waals surface area contributed by atoms with Gasteiger partial charge < -0.3 is 9.72 Å². The van der Waals surface area contributed by atoms with Crippen LogP contribution in [0.15, 0.2) is 23.0 Å². The van der Waals surface area contributed by atoms with Crippen molar-refractivity contribution >= 4 is 16.9 Å². The van der Waals surface area contributed by atoms with E-state index in [0.29, 0.717) is 29.3 Å². The number of carbonyl (C=O) groups excluding carboxylic acids is 1. The summed E-state index contributed by atoms with van der Waals surface area (Å²) < 4.78 is 7.30. The van der Waals surface area contributed by atoms with Gasteiger partial charge in [-0.2, -0.15) is 4.98 Å². The number of H-pyrrole nitrogens is 1. The number of aromatic nitrogens is 5. The summed E-state index contributed by atoms with van der Waals surface area (Å²) in [5.74, 6) is 1.24. The number of nitrogens with one attached hydrogen (secondary N) is 1. The van der Waals surface area contributed by atoms with Gasteiger partial charge in [0.1, 0.15) is 11.5 Å². The summed E-state index contributed by atoms with van der Waals surface area (Å²) in [6.07, 6.45) is 5.26. The molecule has 3 aromatic rings. The number of aromatic amines is 1. The minimum atomic E-state index is -0.207. The van der Waals surface area contributed by atoms with Crippen molar-refractivity contribution in [1.82, 2.24) is 24.5 Å². The molecule has 1 aliphatic rings. The standard InChI is InChI=1S/C20H23N5O3/c1-3-11-25-19(27)16-18(23-17(22-16)13-7-4-5-8-13)24-20(25)28-15-10-6-9-14(21-15)12(2)26/h6,9-10,13H,3-5,7-8,11H2,1-2H3,(H,22,23). The zero-order valence-corrected chi connectivity index (χ0v) is 16.1. The number of ether oxygens (including phenoxy) is 1. The maximum absolute atomic E-state index is 13.0.